The summed E-state index contributed by atoms with van der Waals surface area (Å²) in [4.78, 5) is 15.2. The lowest BCUT2D eigenvalue weighted by atomic mass is 10.3. The van der Waals surface area contributed by atoms with Crippen LogP contribution in [0.2, 0.25) is 0 Å². The highest BCUT2D eigenvalue weighted by atomic mass is 32.1. The van der Waals surface area contributed by atoms with Crippen molar-refractivity contribution in [3.05, 3.63) is 23.2 Å². The van der Waals surface area contributed by atoms with Crippen molar-refractivity contribution in [2.45, 2.75) is 6.42 Å². The molecule has 0 saturated heterocycles. The van der Waals surface area contributed by atoms with Gasteiger partial charge in [-0.2, -0.15) is 0 Å². The maximum atomic E-state index is 11.0. The smallest absolute Gasteiger partial charge is 0.312 e. The quantitative estimate of drug-likeness (QED) is 0.787. The highest BCUT2D eigenvalue weighted by Gasteiger charge is 2.09. The Morgan fingerprint density at radius 1 is 1.60 bits per heavy atom. The number of thiazole rings is 1. The summed E-state index contributed by atoms with van der Waals surface area (Å²) < 4.78 is 5.50. The molecule has 2 aromatic rings. The van der Waals surface area contributed by atoms with Crippen molar-refractivity contribution in [3.63, 3.8) is 0 Å². The van der Waals surface area contributed by atoms with Crippen LogP contribution < -0.4 is 0 Å². The fourth-order valence-electron chi connectivity index (χ4n) is 1.23. The first kappa shape index (κ1) is 9.92. The van der Waals surface area contributed by atoms with E-state index in [9.17, 15) is 9.90 Å². The number of ether oxygens (including phenoxy) is 1. The van der Waals surface area contributed by atoms with Gasteiger partial charge in [-0.25, -0.2) is 4.98 Å². The van der Waals surface area contributed by atoms with Gasteiger partial charge in [0.25, 0.3) is 0 Å². The van der Waals surface area contributed by atoms with Crippen LogP contribution in [0.15, 0.2) is 18.2 Å². The van der Waals surface area contributed by atoms with Crippen molar-refractivity contribution < 1.29 is 14.6 Å². The van der Waals surface area contributed by atoms with Gasteiger partial charge in [0.1, 0.15) is 10.8 Å². The maximum absolute atomic E-state index is 11.0. The Bertz CT molecular complexity index is 506. The summed E-state index contributed by atoms with van der Waals surface area (Å²) >= 11 is 1.43. The summed E-state index contributed by atoms with van der Waals surface area (Å²) in [7, 11) is 1.35. The summed E-state index contributed by atoms with van der Waals surface area (Å²) in [5, 5.41) is 9.94. The number of aromatic hydroxyl groups is 1. The number of nitrogens with zero attached hydrogens (tertiary/aromatic N) is 1. The average molecular weight is 223 g/mol. The molecule has 1 aromatic heterocycles. The molecule has 1 aromatic carbocycles. The zero-order chi connectivity index (χ0) is 10.8. The molecule has 4 nitrogen and oxygen atoms in total. The second kappa shape index (κ2) is 3.86. The number of aromatic nitrogens is 1. The topological polar surface area (TPSA) is 59.4 Å². The highest BCUT2D eigenvalue weighted by Crippen LogP contribution is 2.25. The van der Waals surface area contributed by atoms with Crippen molar-refractivity contribution in [2.75, 3.05) is 7.11 Å². The molecule has 0 aliphatic carbocycles. The van der Waals surface area contributed by atoms with E-state index in [0.717, 1.165) is 4.70 Å². The summed E-state index contributed by atoms with van der Waals surface area (Å²) in [6, 6.07) is 4.96. The Morgan fingerprint density at radius 3 is 3.13 bits per heavy atom. The van der Waals surface area contributed by atoms with E-state index < -0.39 is 0 Å². The van der Waals surface area contributed by atoms with Gasteiger partial charge >= 0.3 is 5.97 Å². The van der Waals surface area contributed by atoms with E-state index in [2.05, 4.69) is 9.72 Å². The standard InChI is InChI=1S/C10H9NO3S/c1-14-10(13)5-9-11-7-4-6(12)2-3-8(7)15-9/h2-4,12H,5H2,1H3. The normalized spacial score (nSPS) is 10.5. The number of fused-ring (bicyclic) bond motifs is 1. The predicted octanol–water partition coefficient (Wildman–Crippen LogP) is 1.72. The van der Waals surface area contributed by atoms with Crippen LogP contribution in [0.5, 0.6) is 5.75 Å². The third-order valence-electron chi connectivity index (χ3n) is 1.94. The van der Waals surface area contributed by atoms with Gasteiger partial charge in [-0.15, -0.1) is 11.3 Å². The molecular formula is C10H9NO3S. The van der Waals surface area contributed by atoms with E-state index in [1.165, 1.54) is 18.4 Å². The molecule has 0 saturated carbocycles. The second-order valence-electron chi connectivity index (χ2n) is 3.01. The molecule has 0 fully saturated rings. The summed E-state index contributed by atoms with van der Waals surface area (Å²) in [5.74, 6) is -0.129. The molecule has 0 unspecified atom stereocenters. The van der Waals surface area contributed by atoms with E-state index in [0.29, 0.717) is 10.5 Å². The molecule has 0 amide bonds. The van der Waals surface area contributed by atoms with Gasteiger partial charge in [-0.3, -0.25) is 4.79 Å². The number of carbonyl (C=O) groups excluding carboxylic acids is 1. The molecule has 0 aliphatic rings. The molecule has 5 heteroatoms. The first-order chi connectivity index (χ1) is 7.19. The van der Waals surface area contributed by atoms with Crippen LogP contribution in [0.4, 0.5) is 0 Å². The second-order valence-corrected chi connectivity index (χ2v) is 4.13. The lowest BCUT2D eigenvalue weighted by molar-refractivity contribution is -0.139. The molecule has 2 rings (SSSR count). The Kier molecular flexibility index (Phi) is 2.55. The largest absolute Gasteiger partial charge is 0.508 e. The van der Waals surface area contributed by atoms with Gasteiger partial charge in [-0.1, -0.05) is 0 Å². The predicted molar refractivity (Wildman–Crippen MR) is 57.0 cm³/mol. The van der Waals surface area contributed by atoms with Crippen molar-refractivity contribution in [1.29, 1.82) is 0 Å². The minimum Gasteiger partial charge on any atom is -0.508 e. The van der Waals surface area contributed by atoms with Crippen LogP contribution in [0, 0.1) is 0 Å². The number of benzene rings is 1. The van der Waals surface area contributed by atoms with E-state index in [-0.39, 0.29) is 18.1 Å². The van der Waals surface area contributed by atoms with Gasteiger partial charge in [-0.05, 0) is 12.1 Å². The molecule has 0 spiro atoms. The average Bonchev–Trinajstić information content (AvgIpc) is 2.59. The lowest BCUT2D eigenvalue weighted by Crippen LogP contribution is -2.03. The number of phenols is 1. The molecule has 0 atom stereocenters. The fourth-order valence-corrected chi connectivity index (χ4v) is 2.17. The van der Waals surface area contributed by atoms with Crippen LogP contribution in [-0.4, -0.2) is 23.2 Å². The molecular weight excluding hydrogens is 214 g/mol. The fraction of sp³-hybridized carbons (Fsp3) is 0.200. The number of phenolic OH excluding ortho intramolecular Hbond substituents is 1. The number of rotatable bonds is 2. The zero-order valence-corrected chi connectivity index (χ0v) is 8.87. The number of esters is 1. The van der Waals surface area contributed by atoms with E-state index in [1.807, 2.05) is 0 Å². The minimum absolute atomic E-state index is 0.177. The summed E-state index contributed by atoms with van der Waals surface area (Å²) in [5.41, 5.74) is 0.707. The van der Waals surface area contributed by atoms with Crippen molar-refractivity contribution in [1.82, 2.24) is 4.98 Å². The van der Waals surface area contributed by atoms with Gasteiger partial charge in [0.2, 0.25) is 0 Å². The molecule has 78 valence electrons. The molecule has 15 heavy (non-hydrogen) atoms. The number of carbonyl (C=O) groups is 1. The van der Waals surface area contributed by atoms with E-state index in [1.54, 1.807) is 18.2 Å². The Morgan fingerprint density at radius 2 is 2.40 bits per heavy atom. The Labute approximate surface area is 90.1 Å². The van der Waals surface area contributed by atoms with E-state index >= 15 is 0 Å². The monoisotopic (exact) mass is 223 g/mol. The van der Waals surface area contributed by atoms with Gasteiger partial charge < -0.3 is 9.84 Å². The maximum Gasteiger partial charge on any atom is 0.312 e. The van der Waals surface area contributed by atoms with Crippen molar-refractivity contribution >= 4 is 27.5 Å². The van der Waals surface area contributed by atoms with Crippen LogP contribution in [0.25, 0.3) is 10.2 Å². The molecule has 1 heterocycles. The highest BCUT2D eigenvalue weighted by molar-refractivity contribution is 7.18. The third kappa shape index (κ3) is 2.07. The van der Waals surface area contributed by atoms with Gasteiger partial charge in [0.05, 0.1) is 23.7 Å². The zero-order valence-electron chi connectivity index (χ0n) is 8.06. The van der Waals surface area contributed by atoms with Crippen molar-refractivity contribution in [3.8, 4) is 5.75 Å². The van der Waals surface area contributed by atoms with Crippen LogP contribution in [0.3, 0.4) is 0 Å². The van der Waals surface area contributed by atoms with Gasteiger partial charge in [0, 0.05) is 6.07 Å². The minimum atomic E-state index is -0.307. The number of hydrogen-bond acceptors (Lipinski definition) is 5. The van der Waals surface area contributed by atoms with Crippen LogP contribution in [0.1, 0.15) is 5.01 Å². The van der Waals surface area contributed by atoms with E-state index in [4.69, 9.17) is 0 Å². The summed E-state index contributed by atoms with van der Waals surface area (Å²) in [6.07, 6.45) is 0.177. The Balaban J connectivity index is 2.34. The first-order valence-corrected chi connectivity index (χ1v) is 5.16. The lowest BCUT2D eigenvalue weighted by Gasteiger charge is -1.92. The van der Waals surface area contributed by atoms with Crippen LogP contribution in [-0.2, 0) is 16.0 Å². The molecule has 0 aliphatic heterocycles. The third-order valence-corrected chi connectivity index (χ3v) is 2.98. The molecule has 1 N–H and O–H groups in total. The molecule has 0 bridgehead atoms. The molecule has 0 radical (unpaired) electrons. The van der Waals surface area contributed by atoms with Crippen LogP contribution >= 0.6 is 11.3 Å². The summed E-state index contributed by atoms with van der Waals surface area (Å²) in [6.45, 7) is 0. The number of hydrogen-bond donors (Lipinski definition) is 1. The first-order valence-electron chi connectivity index (χ1n) is 4.34. The van der Waals surface area contributed by atoms with Crippen molar-refractivity contribution in [2.24, 2.45) is 0 Å². The van der Waals surface area contributed by atoms with Gasteiger partial charge in [0.15, 0.2) is 0 Å². The number of methoxy groups -OCH3 is 1. The Hall–Kier alpha value is -1.62. The SMILES string of the molecule is COC(=O)Cc1nc2cc(O)ccc2s1.